The molecule has 2 aromatic rings. The maximum atomic E-state index is 6.23. The zero-order chi connectivity index (χ0) is 14.9. The largest absolute Gasteiger partial charge is 0.457 e. The Morgan fingerprint density at radius 2 is 1.80 bits per heavy atom. The van der Waals surface area contributed by atoms with Gasteiger partial charge in [-0.05, 0) is 68.1 Å². The number of benzene rings is 2. The molecule has 0 heterocycles. The number of rotatable bonds is 3. The van der Waals surface area contributed by atoms with Gasteiger partial charge in [-0.3, -0.25) is 0 Å². The molecule has 20 heavy (non-hydrogen) atoms. The number of hydrogen-bond acceptors (Lipinski definition) is 2. The molecule has 0 aliphatic heterocycles. The Kier molecular flexibility index (Phi) is 4.36. The van der Waals surface area contributed by atoms with E-state index in [9.17, 15) is 0 Å². The molecule has 0 radical (unpaired) electrons. The average molecular weight is 290 g/mol. The minimum absolute atomic E-state index is 0.0838. The van der Waals surface area contributed by atoms with Crippen molar-refractivity contribution in [1.29, 1.82) is 0 Å². The molecule has 2 nitrogen and oxygen atoms in total. The van der Waals surface area contributed by atoms with Crippen molar-refractivity contribution in [2.75, 3.05) is 0 Å². The van der Waals surface area contributed by atoms with Gasteiger partial charge in [-0.25, -0.2) is 0 Å². The van der Waals surface area contributed by atoms with Crippen molar-refractivity contribution < 1.29 is 4.74 Å². The number of hydrogen-bond donors (Lipinski definition) is 1. The van der Waals surface area contributed by atoms with Crippen LogP contribution in [-0.4, -0.2) is 0 Å². The van der Waals surface area contributed by atoms with Gasteiger partial charge in [0.05, 0.1) is 0 Å². The van der Waals surface area contributed by atoms with Gasteiger partial charge in [-0.1, -0.05) is 23.7 Å². The van der Waals surface area contributed by atoms with Crippen LogP contribution in [0.3, 0.4) is 0 Å². The molecular weight excluding hydrogens is 270 g/mol. The Morgan fingerprint density at radius 3 is 2.40 bits per heavy atom. The van der Waals surface area contributed by atoms with E-state index < -0.39 is 0 Å². The lowest BCUT2D eigenvalue weighted by atomic mass is 10.1. The van der Waals surface area contributed by atoms with Crippen LogP contribution in [0.15, 0.2) is 30.3 Å². The number of halogens is 1. The van der Waals surface area contributed by atoms with Crippen LogP contribution in [0.2, 0.25) is 5.02 Å². The van der Waals surface area contributed by atoms with Crippen molar-refractivity contribution in [1.82, 2.24) is 0 Å². The van der Waals surface area contributed by atoms with Crippen LogP contribution in [0.4, 0.5) is 0 Å². The summed E-state index contributed by atoms with van der Waals surface area (Å²) < 4.78 is 5.96. The van der Waals surface area contributed by atoms with E-state index in [0.29, 0.717) is 5.02 Å². The fraction of sp³-hybridized carbons (Fsp3) is 0.294. The molecule has 0 saturated carbocycles. The normalized spacial score (nSPS) is 12.3. The Bertz CT molecular complexity index is 635. The summed E-state index contributed by atoms with van der Waals surface area (Å²) in [6.07, 6.45) is 0. The van der Waals surface area contributed by atoms with Crippen molar-refractivity contribution >= 4 is 11.6 Å². The van der Waals surface area contributed by atoms with Gasteiger partial charge in [0.15, 0.2) is 0 Å². The summed E-state index contributed by atoms with van der Waals surface area (Å²) in [6.45, 7) is 8.12. The second-order valence-electron chi connectivity index (χ2n) is 5.28. The zero-order valence-electron chi connectivity index (χ0n) is 12.3. The molecule has 0 aromatic heterocycles. The van der Waals surface area contributed by atoms with Crippen molar-refractivity contribution in [3.8, 4) is 11.5 Å². The molecule has 2 aromatic carbocycles. The monoisotopic (exact) mass is 289 g/mol. The second-order valence-corrected chi connectivity index (χ2v) is 5.69. The van der Waals surface area contributed by atoms with Crippen LogP contribution < -0.4 is 10.5 Å². The number of ether oxygens (including phenoxy) is 1. The summed E-state index contributed by atoms with van der Waals surface area (Å²) in [6, 6.07) is 9.74. The van der Waals surface area contributed by atoms with Gasteiger partial charge >= 0.3 is 0 Å². The molecule has 0 bridgehead atoms. The smallest absolute Gasteiger partial charge is 0.130 e. The first kappa shape index (κ1) is 14.9. The Hall–Kier alpha value is -1.51. The summed E-state index contributed by atoms with van der Waals surface area (Å²) in [7, 11) is 0. The highest BCUT2D eigenvalue weighted by molar-refractivity contribution is 6.31. The van der Waals surface area contributed by atoms with E-state index in [2.05, 4.69) is 26.8 Å². The van der Waals surface area contributed by atoms with E-state index in [0.717, 1.165) is 22.6 Å². The SMILES string of the molecule is Cc1cc(C)c(C)c(Oc2ccc(C(C)N)c(Cl)c2)c1. The lowest BCUT2D eigenvalue weighted by Crippen LogP contribution is -2.05. The van der Waals surface area contributed by atoms with Crippen molar-refractivity contribution in [2.45, 2.75) is 33.7 Å². The third kappa shape index (κ3) is 3.14. The van der Waals surface area contributed by atoms with E-state index in [1.165, 1.54) is 11.1 Å². The van der Waals surface area contributed by atoms with E-state index in [1.807, 2.05) is 31.2 Å². The minimum Gasteiger partial charge on any atom is -0.457 e. The summed E-state index contributed by atoms with van der Waals surface area (Å²) in [5.41, 5.74) is 10.3. The highest BCUT2D eigenvalue weighted by Crippen LogP contribution is 2.32. The topological polar surface area (TPSA) is 35.2 Å². The molecule has 0 aliphatic rings. The van der Waals surface area contributed by atoms with Crippen molar-refractivity contribution in [2.24, 2.45) is 5.73 Å². The first-order valence-electron chi connectivity index (χ1n) is 6.69. The molecular formula is C17H20ClNO. The Labute approximate surface area is 125 Å². The Morgan fingerprint density at radius 1 is 1.10 bits per heavy atom. The summed E-state index contributed by atoms with van der Waals surface area (Å²) in [5.74, 6) is 1.60. The highest BCUT2D eigenvalue weighted by Gasteiger charge is 2.09. The van der Waals surface area contributed by atoms with E-state index in [4.69, 9.17) is 22.1 Å². The zero-order valence-corrected chi connectivity index (χ0v) is 13.1. The van der Waals surface area contributed by atoms with Crippen LogP contribution in [0.5, 0.6) is 11.5 Å². The van der Waals surface area contributed by atoms with Gasteiger partial charge < -0.3 is 10.5 Å². The third-order valence-corrected chi connectivity index (χ3v) is 3.78. The molecule has 3 heteroatoms. The quantitative estimate of drug-likeness (QED) is 0.855. The van der Waals surface area contributed by atoms with E-state index >= 15 is 0 Å². The molecule has 0 aliphatic carbocycles. The fourth-order valence-electron chi connectivity index (χ4n) is 2.17. The molecule has 1 unspecified atom stereocenters. The summed E-state index contributed by atoms with van der Waals surface area (Å²) in [5, 5.41) is 0.638. The maximum Gasteiger partial charge on any atom is 0.130 e. The van der Waals surface area contributed by atoms with Gasteiger partial charge in [-0.2, -0.15) is 0 Å². The lowest BCUT2D eigenvalue weighted by Gasteiger charge is -2.14. The Balaban J connectivity index is 2.33. The molecule has 0 amide bonds. The highest BCUT2D eigenvalue weighted by atomic mass is 35.5. The van der Waals surface area contributed by atoms with Crippen LogP contribution in [0.1, 0.15) is 35.2 Å². The van der Waals surface area contributed by atoms with Gasteiger partial charge in [0.1, 0.15) is 11.5 Å². The van der Waals surface area contributed by atoms with E-state index in [1.54, 1.807) is 0 Å². The van der Waals surface area contributed by atoms with Crippen LogP contribution in [0, 0.1) is 20.8 Å². The first-order valence-corrected chi connectivity index (χ1v) is 7.07. The van der Waals surface area contributed by atoms with E-state index in [-0.39, 0.29) is 6.04 Å². The van der Waals surface area contributed by atoms with Crippen LogP contribution in [0.25, 0.3) is 0 Å². The van der Waals surface area contributed by atoms with Crippen LogP contribution >= 0.6 is 11.6 Å². The van der Waals surface area contributed by atoms with Gasteiger partial charge in [0.25, 0.3) is 0 Å². The summed E-state index contributed by atoms with van der Waals surface area (Å²) in [4.78, 5) is 0. The predicted octanol–water partition coefficient (Wildman–Crippen LogP) is 5.08. The van der Waals surface area contributed by atoms with Gasteiger partial charge in [0, 0.05) is 11.1 Å². The standard InChI is InChI=1S/C17H20ClNO/c1-10-7-11(2)12(3)17(8-10)20-14-5-6-15(13(4)19)16(18)9-14/h5-9,13H,19H2,1-4H3. The predicted molar refractivity (Wildman–Crippen MR) is 84.8 cm³/mol. The number of nitrogens with two attached hydrogens (primary N) is 1. The molecule has 2 rings (SSSR count). The van der Waals surface area contributed by atoms with Crippen molar-refractivity contribution in [3.05, 3.63) is 57.6 Å². The number of aryl methyl sites for hydroxylation is 2. The molecule has 2 N–H and O–H groups in total. The maximum absolute atomic E-state index is 6.23. The molecule has 0 spiro atoms. The van der Waals surface area contributed by atoms with Gasteiger partial charge in [-0.15, -0.1) is 0 Å². The van der Waals surface area contributed by atoms with Crippen LogP contribution in [-0.2, 0) is 0 Å². The fourth-order valence-corrected chi connectivity index (χ4v) is 2.52. The average Bonchev–Trinajstić information content (AvgIpc) is 2.35. The first-order chi connectivity index (χ1) is 9.38. The molecule has 0 fully saturated rings. The molecule has 1 atom stereocenters. The summed E-state index contributed by atoms with van der Waals surface area (Å²) >= 11 is 6.23. The van der Waals surface area contributed by atoms with Gasteiger partial charge in [0.2, 0.25) is 0 Å². The lowest BCUT2D eigenvalue weighted by molar-refractivity contribution is 0.477. The van der Waals surface area contributed by atoms with Crippen molar-refractivity contribution in [3.63, 3.8) is 0 Å². The minimum atomic E-state index is -0.0838. The third-order valence-electron chi connectivity index (χ3n) is 3.45. The molecule has 0 saturated heterocycles. The molecule has 106 valence electrons. The second kappa shape index (κ2) is 5.86.